The zero-order valence-electron chi connectivity index (χ0n) is 11.0. The minimum Gasteiger partial charge on any atom is -0.383 e. The third-order valence-electron chi connectivity index (χ3n) is 3.64. The van der Waals surface area contributed by atoms with Crippen LogP contribution in [0.5, 0.6) is 0 Å². The Labute approximate surface area is 131 Å². The molecule has 0 saturated carbocycles. The van der Waals surface area contributed by atoms with E-state index in [0.717, 1.165) is 40.6 Å². The normalized spacial score (nSPS) is 14.7. The fraction of sp³-hybridized carbons (Fsp3) is 0.333. The van der Waals surface area contributed by atoms with Crippen LogP contribution in [0.1, 0.15) is 30.5 Å². The second-order valence-electron chi connectivity index (χ2n) is 5.04. The molecule has 1 aliphatic rings. The van der Waals surface area contributed by atoms with Crippen molar-refractivity contribution in [2.75, 3.05) is 5.73 Å². The summed E-state index contributed by atoms with van der Waals surface area (Å²) in [5.74, 6) is 1.23. The number of nitrogens with two attached hydrogens (primary N) is 1. The van der Waals surface area contributed by atoms with Crippen LogP contribution >= 0.6 is 27.5 Å². The van der Waals surface area contributed by atoms with E-state index in [4.69, 9.17) is 22.3 Å². The van der Waals surface area contributed by atoms with E-state index < -0.39 is 0 Å². The molecule has 0 aliphatic heterocycles. The molecule has 104 valence electrons. The monoisotopic (exact) mass is 351 g/mol. The van der Waals surface area contributed by atoms with Gasteiger partial charge in [0.2, 0.25) is 0 Å². The largest absolute Gasteiger partial charge is 0.383 e. The highest BCUT2D eigenvalue weighted by Crippen LogP contribution is 2.31. The molecule has 2 N–H and O–H groups in total. The van der Waals surface area contributed by atoms with Gasteiger partial charge >= 0.3 is 0 Å². The van der Waals surface area contributed by atoms with Gasteiger partial charge in [0.05, 0.1) is 5.02 Å². The summed E-state index contributed by atoms with van der Waals surface area (Å²) >= 11 is 9.68. The van der Waals surface area contributed by atoms with Gasteiger partial charge in [-0.2, -0.15) is 0 Å². The van der Waals surface area contributed by atoms with Gasteiger partial charge in [-0.1, -0.05) is 34.0 Å². The summed E-state index contributed by atoms with van der Waals surface area (Å²) in [4.78, 5) is 9.16. The zero-order valence-corrected chi connectivity index (χ0v) is 13.3. The number of nitrogens with zero attached hydrogens (tertiary/aromatic N) is 2. The molecular weight excluding hydrogens is 338 g/mol. The number of hydrogen-bond acceptors (Lipinski definition) is 3. The average Bonchev–Trinajstić information content (AvgIpc) is 2.64. The fourth-order valence-corrected chi connectivity index (χ4v) is 3.35. The maximum absolute atomic E-state index is 6.28. The minimum absolute atomic E-state index is 0.603. The molecule has 3 rings (SSSR count). The van der Waals surface area contributed by atoms with E-state index in [2.05, 4.69) is 20.9 Å². The van der Waals surface area contributed by atoms with E-state index >= 15 is 0 Å². The van der Waals surface area contributed by atoms with Crippen molar-refractivity contribution in [2.24, 2.45) is 0 Å². The predicted molar refractivity (Wildman–Crippen MR) is 85.8 cm³/mol. The first-order valence-electron chi connectivity index (χ1n) is 6.76. The lowest BCUT2D eigenvalue weighted by atomic mass is 10.1. The lowest BCUT2D eigenvalue weighted by molar-refractivity contribution is 0.709. The number of anilines is 1. The number of aryl methyl sites for hydroxylation is 1. The van der Waals surface area contributed by atoms with Crippen LogP contribution in [-0.4, -0.2) is 9.97 Å². The summed E-state index contributed by atoms with van der Waals surface area (Å²) in [6.07, 6.45) is 5.51. The maximum Gasteiger partial charge on any atom is 0.163 e. The average molecular weight is 353 g/mol. The van der Waals surface area contributed by atoms with Crippen LogP contribution in [0.3, 0.4) is 0 Å². The molecule has 1 aliphatic carbocycles. The Morgan fingerprint density at radius 1 is 1.10 bits per heavy atom. The van der Waals surface area contributed by atoms with E-state index in [1.807, 2.05) is 18.2 Å². The Hall–Kier alpha value is -1.13. The Kier molecular flexibility index (Phi) is 3.94. The molecule has 0 saturated heterocycles. The maximum atomic E-state index is 6.28. The van der Waals surface area contributed by atoms with E-state index in [-0.39, 0.29) is 0 Å². The van der Waals surface area contributed by atoms with Gasteiger partial charge in [-0.25, -0.2) is 9.97 Å². The Morgan fingerprint density at radius 2 is 1.90 bits per heavy atom. The molecule has 0 fully saturated rings. The van der Waals surface area contributed by atoms with Crippen molar-refractivity contribution < 1.29 is 0 Å². The zero-order chi connectivity index (χ0) is 14.1. The standard InChI is InChI=1S/C15H15BrClN3/c16-9-6-7-10(12(17)8-9)15-19-13-5-3-1-2-4-11(13)14(18)20-15/h6-8H,1-5H2,(H2,18,19,20). The highest BCUT2D eigenvalue weighted by molar-refractivity contribution is 9.10. The molecule has 20 heavy (non-hydrogen) atoms. The molecule has 0 spiro atoms. The van der Waals surface area contributed by atoms with Crippen LogP contribution in [0.2, 0.25) is 5.02 Å². The summed E-state index contributed by atoms with van der Waals surface area (Å²) in [5.41, 5.74) is 9.16. The molecule has 0 atom stereocenters. The summed E-state index contributed by atoms with van der Waals surface area (Å²) in [6, 6.07) is 5.71. The van der Waals surface area contributed by atoms with Crippen molar-refractivity contribution >= 4 is 33.3 Å². The van der Waals surface area contributed by atoms with Gasteiger partial charge in [0.1, 0.15) is 5.82 Å². The van der Waals surface area contributed by atoms with Crippen LogP contribution in [0.25, 0.3) is 11.4 Å². The van der Waals surface area contributed by atoms with Crippen molar-refractivity contribution in [3.8, 4) is 11.4 Å². The van der Waals surface area contributed by atoms with Crippen molar-refractivity contribution in [3.63, 3.8) is 0 Å². The van der Waals surface area contributed by atoms with Gasteiger partial charge in [-0.3, -0.25) is 0 Å². The van der Waals surface area contributed by atoms with Gasteiger partial charge in [-0.15, -0.1) is 0 Å². The molecule has 0 radical (unpaired) electrons. The van der Waals surface area contributed by atoms with Gasteiger partial charge < -0.3 is 5.73 Å². The van der Waals surface area contributed by atoms with Gasteiger partial charge in [0.25, 0.3) is 0 Å². The first-order valence-corrected chi connectivity index (χ1v) is 7.93. The van der Waals surface area contributed by atoms with Crippen LogP contribution < -0.4 is 5.73 Å². The lowest BCUT2D eigenvalue weighted by Gasteiger charge is -2.11. The van der Waals surface area contributed by atoms with Crippen LogP contribution in [-0.2, 0) is 12.8 Å². The number of benzene rings is 1. The third kappa shape index (κ3) is 2.67. The topological polar surface area (TPSA) is 51.8 Å². The molecule has 1 heterocycles. The van der Waals surface area contributed by atoms with Crippen LogP contribution in [0.4, 0.5) is 5.82 Å². The number of rotatable bonds is 1. The molecular formula is C15H15BrClN3. The highest BCUT2D eigenvalue weighted by Gasteiger charge is 2.17. The molecule has 1 aromatic heterocycles. The highest BCUT2D eigenvalue weighted by atomic mass is 79.9. The van der Waals surface area contributed by atoms with Crippen molar-refractivity contribution in [1.82, 2.24) is 9.97 Å². The van der Waals surface area contributed by atoms with E-state index in [9.17, 15) is 0 Å². The quantitative estimate of drug-likeness (QED) is 0.773. The molecule has 5 heteroatoms. The lowest BCUT2D eigenvalue weighted by Crippen LogP contribution is -2.06. The van der Waals surface area contributed by atoms with Gasteiger partial charge in [0, 0.05) is 21.3 Å². The first kappa shape index (κ1) is 13.8. The van der Waals surface area contributed by atoms with Crippen molar-refractivity contribution in [3.05, 3.63) is 39.0 Å². The summed E-state index contributed by atoms with van der Waals surface area (Å²) in [7, 11) is 0. The molecule has 0 amide bonds. The SMILES string of the molecule is Nc1nc(-c2ccc(Br)cc2Cl)nc2c1CCCCC2. The van der Waals surface area contributed by atoms with E-state index in [1.165, 1.54) is 12.8 Å². The van der Waals surface area contributed by atoms with Gasteiger partial charge in [-0.05, 0) is 43.9 Å². The molecule has 3 nitrogen and oxygen atoms in total. The molecule has 0 bridgehead atoms. The van der Waals surface area contributed by atoms with E-state index in [0.29, 0.717) is 16.7 Å². The first-order chi connectivity index (χ1) is 9.65. The minimum atomic E-state index is 0.603. The van der Waals surface area contributed by atoms with Crippen LogP contribution in [0, 0.1) is 0 Å². The molecule has 0 unspecified atom stereocenters. The Bertz CT molecular complexity index is 658. The number of fused-ring (bicyclic) bond motifs is 1. The summed E-state index contributed by atoms with van der Waals surface area (Å²) in [6.45, 7) is 0. The second-order valence-corrected chi connectivity index (χ2v) is 6.37. The summed E-state index contributed by atoms with van der Waals surface area (Å²) < 4.78 is 0.939. The number of aromatic nitrogens is 2. The molecule has 1 aromatic carbocycles. The van der Waals surface area contributed by atoms with Gasteiger partial charge in [0.15, 0.2) is 5.82 Å². The van der Waals surface area contributed by atoms with Crippen LogP contribution in [0.15, 0.2) is 22.7 Å². The third-order valence-corrected chi connectivity index (χ3v) is 4.44. The molecule has 2 aromatic rings. The Balaban J connectivity index is 2.11. The van der Waals surface area contributed by atoms with E-state index in [1.54, 1.807) is 0 Å². The predicted octanol–water partition coefficient (Wildman–Crippen LogP) is 4.41. The fourth-order valence-electron chi connectivity index (χ4n) is 2.59. The second kappa shape index (κ2) is 5.70. The smallest absolute Gasteiger partial charge is 0.163 e. The van der Waals surface area contributed by atoms with Crippen molar-refractivity contribution in [2.45, 2.75) is 32.1 Å². The number of halogens is 2. The number of hydrogen-bond donors (Lipinski definition) is 1. The number of nitrogen functional groups attached to an aromatic ring is 1. The summed E-state index contributed by atoms with van der Waals surface area (Å²) in [5, 5.41) is 0.632. The van der Waals surface area contributed by atoms with Crippen molar-refractivity contribution in [1.29, 1.82) is 0 Å². The Morgan fingerprint density at radius 3 is 2.70 bits per heavy atom.